The molecule has 3 nitrogen and oxygen atoms in total. The van der Waals surface area contributed by atoms with Crippen molar-refractivity contribution >= 4 is 105 Å². The standard InChI is InChI=1S/3C3H7NS2.AsH3/c3*1-4(2)3(5)6;/h3*1-2H3,(H,5,6);1H3. The Balaban J connectivity index is -0.0000000865. The molecule has 116 valence electrons. The summed E-state index contributed by atoms with van der Waals surface area (Å²) in [4.78, 5) is 5.29. The first-order chi connectivity index (χ1) is 7.93. The molecular formula is C9H24AsN3S6. The number of hydrogen-bond acceptors (Lipinski definition) is 3. The summed E-state index contributed by atoms with van der Waals surface area (Å²) in [6.07, 6.45) is 0. The van der Waals surface area contributed by atoms with Gasteiger partial charge in [-0.25, -0.2) is 0 Å². The molecule has 0 aromatic carbocycles. The van der Waals surface area contributed by atoms with Crippen molar-refractivity contribution in [1.29, 1.82) is 0 Å². The van der Waals surface area contributed by atoms with Gasteiger partial charge in [0.25, 0.3) is 0 Å². The topological polar surface area (TPSA) is 9.72 Å². The number of thiocarbonyl (C=S) groups is 3. The van der Waals surface area contributed by atoms with Crippen molar-refractivity contribution in [1.82, 2.24) is 14.7 Å². The second-order valence-electron chi connectivity index (χ2n) is 3.53. The maximum absolute atomic E-state index is 4.61. The number of hydrogen-bond donors (Lipinski definition) is 3. The Morgan fingerprint density at radius 2 is 0.632 bits per heavy atom. The third-order valence-electron chi connectivity index (χ3n) is 1.15. The summed E-state index contributed by atoms with van der Waals surface area (Å²) in [7, 11) is 11.1. The third kappa shape index (κ3) is 32.6. The van der Waals surface area contributed by atoms with Gasteiger partial charge in [0, 0.05) is 42.3 Å². The Morgan fingerprint density at radius 3 is 0.632 bits per heavy atom. The van der Waals surface area contributed by atoms with E-state index in [-0.39, 0.29) is 18.0 Å². The van der Waals surface area contributed by atoms with Crippen LogP contribution in [0.4, 0.5) is 0 Å². The summed E-state index contributed by atoms with van der Waals surface area (Å²) in [5.74, 6) is 0. The average molecular weight is 442 g/mol. The fourth-order valence-electron chi connectivity index (χ4n) is 0. The molecule has 0 heterocycles. The summed E-state index contributed by atoms with van der Waals surface area (Å²) in [5.41, 5.74) is 0. The first-order valence-electron chi connectivity index (χ1n) is 4.64. The molecule has 19 heavy (non-hydrogen) atoms. The van der Waals surface area contributed by atoms with Crippen LogP contribution in [0.25, 0.3) is 0 Å². The fourth-order valence-corrected chi connectivity index (χ4v) is 0. The molecule has 10 heteroatoms. The third-order valence-corrected chi connectivity index (χ3v) is 3.44. The van der Waals surface area contributed by atoms with Gasteiger partial charge in [0.2, 0.25) is 0 Å². The monoisotopic (exact) mass is 441 g/mol. The summed E-state index contributed by atoms with van der Waals surface area (Å²) in [6, 6.07) is 0. The first-order valence-corrected chi connectivity index (χ1v) is 7.20. The number of rotatable bonds is 0. The van der Waals surface area contributed by atoms with E-state index < -0.39 is 0 Å². The molecule has 0 N–H and O–H groups in total. The van der Waals surface area contributed by atoms with Crippen LogP contribution < -0.4 is 0 Å². The van der Waals surface area contributed by atoms with Crippen molar-refractivity contribution in [3.8, 4) is 0 Å². The zero-order valence-electron chi connectivity index (χ0n) is 12.1. The van der Waals surface area contributed by atoms with E-state index in [1.807, 2.05) is 42.3 Å². The van der Waals surface area contributed by atoms with Crippen LogP contribution in [0.15, 0.2) is 0 Å². The number of nitrogens with zero attached hydrogens (tertiary/aromatic N) is 3. The zero-order chi connectivity index (χ0) is 15.5. The molecule has 0 aliphatic carbocycles. The van der Waals surface area contributed by atoms with Crippen LogP contribution in [0.1, 0.15) is 0 Å². The molecule has 0 rings (SSSR count). The Morgan fingerprint density at radius 1 is 0.579 bits per heavy atom. The van der Waals surface area contributed by atoms with Gasteiger partial charge >= 0.3 is 18.0 Å². The van der Waals surface area contributed by atoms with Gasteiger partial charge in [-0.15, -0.1) is 37.9 Å². The quantitative estimate of drug-likeness (QED) is 0.293. The van der Waals surface area contributed by atoms with Crippen LogP contribution in [0.3, 0.4) is 0 Å². The van der Waals surface area contributed by atoms with Gasteiger partial charge in [0.05, 0.1) is 0 Å². The SMILES string of the molecule is CN(C)C(=S)S.CN(C)C(=S)S.CN(C)C(=S)S.[AsH3]. The summed E-state index contributed by atoms with van der Waals surface area (Å²) in [5, 5.41) is 0. The van der Waals surface area contributed by atoms with Crippen molar-refractivity contribution in [3.63, 3.8) is 0 Å². The first kappa shape index (κ1) is 28.4. The molecule has 0 saturated carbocycles. The molecule has 0 aliphatic heterocycles. The fraction of sp³-hybridized carbons (Fsp3) is 0.667. The van der Waals surface area contributed by atoms with E-state index in [0.29, 0.717) is 13.0 Å². The van der Waals surface area contributed by atoms with Crippen molar-refractivity contribution in [2.24, 2.45) is 0 Å². The molecule has 1 unspecified atom stereocenters. The van der Waals surface area contributed by atoms with Crippen molar-refractivity contribution in [2.45, 2.75) is 0 Å². The molecule has 0 aliphatic rings. The van der Waals surface area contributed by atoms with E-state index in [4.69, 9.17) is 0 Å². The van der Waals surface area contributed by atoms with E-state index in [1.165, 1.54) is 0 Å². The van der Waals surface area contributed by atoms with Crippen molar-refractivity contribution in [2.75, 3.05) is 42.3 Å². The van der Waals surface area contributed by atoms with Gasteiger partial charge < -0.3 is 14.7 Å². The van der Waals surface area contributed by atoms with Crippen LogP contribution in [0.5, 0.6) is 0 Å². The Bertz CT molecular complexity index is 228. The Labute approximate surface area is 161 Å². The molecule has 0 amide bonds. The number of thiol groups is 3. The molecular weight excluding hydrogens is 417 g/mol. The van der Waals surface area contributed by atoms with E-state index in [1.54, 1.807) is 14.7 Å². The van der Waals surface area contributed by atoms with E-state index >= 15 is 0 Å². The predicted octanol–water partition coefficient (Wildman–Crippen LogP) is 1.10. The van der Waals surface area contributed by atoms with Crippen molar-refractivity contribution < 1.29 is 0 Å². The van der Waals surface area contributed by atoms with Gasteiger partial charge in [-0.2, -0.15) is 0 Å². The molecule has 0 bridgehead atoms. The second kappa shape index (κ2) is 17.3. The van der Waals surface area contributed by atoms with Crippen LogP contribution >= 0.6 is 74.5 Å². The van der Waals surface area contributed by atoms with E-state index in [0.717, 1.165) is 0 Å². The van der Waals surface area contributed by atoms with E-state index in [2.05, 4.69) is 74.5 Å². The summed E-state index contributed by atoms with van der Waals surface area (Å²) < 4.78 is 1.86. The van der Waals surface area contributed by atoms with Crippen LogP contribution in [-0.2, 0) is 0 Å². The Kier molecular flexibility index (Phi) is 25.9. The zero-order valence-corrected chi connectivity index (χ0v) is 20.2. The van der Waals surface area contributed by atoms with Crippen LogP contribution in [0.2, 0.25) is 0 Å². The molecule has 0 fully saturated rings. The van der Waals surface area contributed by atoms with Gasteiger partial charge in [0.15, 0.2) is 0 Å². The van der Waals surface area contributed by atoms with Gasteiger partial charge in [0.1, 0.15) is 13.0 Å². The maximum atomic E-state index is 4.61. The average Bonchev–Trinajstić information content (AvgIpc) is 2.18. The summed E-state index contributed by atoms with van der Waals surface area (Å²) >= 11 is 25.4. The van der Waals surface area contributed by atoms with Crippen molar-refractivity contribution in [3.05, 3.63) is 0 Å². The minimum absolute atomic E-state index is 0. The Hall–Kier alpha value is 1.28. The normalized spacial score (nSPS) is 7.42. The second-order valence-corrected chi connectivity index (χ2v) is 6.87. The van der Waals surface area contributed by atoms with E-state index in [9.17, 15) is 0 Å². The summed E-state index contributed by atoms with van der Waals surface area (Å²) in [6.45, 7) is 0. The van der Waals surface area contributed by atoms with Crippen LogP contribution in [0, 0.1) is 0 Å². The molecule has 0 aromatic heterocycles. The molecule has 0 radical (unpaired) electrons. The molecule has 0 aromatic rings. The van der Waals surface area contributed by atoms with Gasteiger partial charge in [-0.1, -0.05) is 36.7 Å². The molecule has 1 atom stereocenters. The van der Waals surface area contributed by atoms with Gasteiger partial charge in [-0.3, -0.25) is 0 Å². The minimum atomic E-state index is 0. The predicted molar refractivity (Wildman–Crippen MR) is 116 cm³/mol. The van der Waals surface area contributed by atoms with Gasteiger partial charge in [-0.05, 0) is 0 Å². The molecule has 0 spiro atoms. The molecule has 0 saturated heterocycles. The van der Waals surface area contributed by atoms with Crippen LogP contribution in [-0.4, -0.2) is 87.9 Å².